The predicted octanol–water partition coefficient (Wildman–Crippen LogP) is 3.59. The standard InChI is InChI=1S/C10H19/c1-4-6-7-8-9-10(3)5-2/h4,8-10H,5-7H2,1-3H3/q+1/b9-8-. The summed E-state index contributed by atoms with van der Waals surface area (Å²) in [5.74, 6) is 0.761. The average molecular weight is 139 g/mol. The minimum absolute atomic E-state index is 0.761. The van der Waals surface area contributed by atoms with Crippen LogP contribution in [0.1, 0.15) is 40.0 Å². The maximum atomic E-state index is 2.31. The van der Waals surface area contributed by atoms with Gasteiger partial charge in [-0.1, -0.05) is 32.4 Å². The van der Waals surface area contributed by atoms with Crippen LogP contribution in [0.15, 0.2) is 12.2 Å². The molecular weight excluding hydrogens is 120 g/mol. The summed E-state index contributed by atoms with van der Waals surface area (Å²) in [6.45, 7) is 6.59. The van der Waals surface area contributed by atoms with Gasteiger partial charge in [0.05, 0.1) is 19.8 Å². The van der Waals surface area contributed by atoms with Crippen LogP contribution in [0.25, 0.3) is 0 Å². The van der Waals surface area contributed by atoms with E-state index in [1.165, 1.54) is 19.3 Å². The van der Waals surface area contributed by atoms with Gasteiger partial charge >= 0.3 is 0 Å². The molecule has 0 aliphatic carbocycles. The lowest BCUT2D eigenvalue weighted by molar-refractivity contribution is 0.694. The third-order valence-electron chi connectivity index (χ3n) is 1.73. The van der Waals surface area contributed by atoms with Crippen molar-refractivity contribution < 1.29 is 0 Å². The molecule has 1 atom stereocenters. The molecule has 0 rings (SSSR count). The summed E-state index contributed by atoms with van der Waals surface area (Å²) >= 11 is 0. The van der Waals surface area contributed by atoms with Crippen molar-refractivity contribution in [1.82, 2.24) is 0 Å². The minimum Gasteiger partial charge on any atom is -0.0855 e. The molecule has 0 aromatic heterocycles. The summed E-state index contributed by atoms with van der Waals surface area (Å²) in [5.41, 5.74) is 0. The van der Waals surface area contributed by atoms with Crippen molar-refractivity contribution >= 4 is 0 Å². The number of unbranched alkanes of at least 4 members (excludes halogenated alkanes) is 2. The summed E-state index contributed by atoms with van der Waals surface area (Å²) in [7, 11) is 0. The van der Waals surface area contributed by atoms with Crippen molar-refractivity contribution in [3.63, 3.8) is 0 Å². The van der Waals surface area contributed by atoms with Crippen LogP contribution in [0.5, 0.6) is 0 Å². The van der Waals surface area contributed by atoms with Gasteiger partial charge in [-0.15, -0.1) is 0 Å². The predicted molar refractivity (Wildman–Crippen MR) is 47.8 cm³/mol. The molecule has 0 nitrogen and oxygen atoms in total. The normalized spacial score (nSPS) is 13.9. The van der Waals surface area contributed by atoms with E-state index in [1.54, 1.807) is 0 Å². The molecule has 0 saturated heterocycles. The van der Waals surface area contributed by atoms with Crippen LogP contribution in [0, 0.1) is 12.3 Å². The first kappa shape index (κ1) is 9.61. The molecule has 0 spiro atoms. The largest absolute Gasteiger partial charge is 0.0906 e. The molecule has 0 aromatic carbocycles. The highest BCUT2D eigenvalue weighted by atomic mass is 13.9. The van der Waals surface area contributed by atoms with Crippen LogP contribution in [-0.2, 0) is 0 Å². The van der Waals surface area contributed by atoms with E-state index in [1.807, 2.05) is 0 Å². The van der Waals surface area contributed by atoms with Gasteiger partial charge in [0.15, 0.2) is 0 Å². The van der Waals surface area contributed by atoms with Crippen LogP contribution < -0.4 is 0 Å². The Hall–Kier alpha value is -0.390. The third kappa shape index (κ3) is 5.74. The highest BCUT2D eigenvalue weighted by Gasteiger charge is 1.90. The number of rotatable bonds is 5. The molecule has 0 saturated carbocycles. The molecule has 0 fully saturated rings. The van der Waals surface area contributed by atoms with Gasteiger partial charge in [0.1, 0.15) is 0 Å². The Morgan fingerprint density at radius 3 is 2.70 bits per heavy atom. The summed E-state index contributed by atoms with van der Waals surface area (Å²) < 4.78 is 0. The lowest BCUT2D eigenvalue weighted by Crippen LogP contribution is -1.83. The molecule has 0 aromatic rings. The monoisotopic (exact) mass is 139 g/mol. The van der Waals surface area contributed by atoms with E-state index in [-0.39, 0.29) is 0 Å². The maximum Gasteiger partial charge on any atom is 0.0906 e. The smallest absolute Gasteiger partial charge is 0.0855 e. The second-order valence-electron chi connectivity index (χ2n) is 2.80. The summed E-state index contributed by atoms with van der Waals surface area (Å²) in [5, 5.41) is 0. The zero-order valence-electron chi connectivity index (χ0n) is 7.43. The van der Waals surface area contributed by atoms with E-state index in [0.717, 1.165) is 5.92 Å². The SMILES string of the molecule is C[CH+]CC/C=C\C(C)CC. The van der Waals surface area contributed by atoms with Crippen LogP contribution in [0.3, 0.4) is 0 Å². The van der Waals surface area contributed by atoms with Gasteiger partial charge in [0.25, 0.3) is 0 Å². The Morgan fingerprint density at radius 1 is 1.50 bits per heavy atom. The Labute approximate surface area is 65.3 Å². The fourth-order valence-electron chi connectivity index (χ4n) is 0.728. The molecule has 0 N–H and O–H groups in total. The topological polar surface area (TPSA) is 0 Å². The fourth-order valence-corrected chi connectivity index (χ4v) is 0.728. The molecule has 58 valence electrons. The van der Waals surface area contributed by atoms with Crippen molar-refractivity contribution in [2.75, 3.05) is 0 Å². The molecule has 0 heteroatoms. The number of allylic oxidation sites excluding steroid dienone is 2. The first-order valence-corrected chi connectivity index (χ1v) is 4.25. The first-order chi connectivity index (χ1) is 4.81. The highest BCUT2D eigenvalue weighted by molar-refractivity contribution is 4.86. The van der Waals surface area contributed by atoms with E-state index >= 15 is 0 Å². The van der Waals surface area contributed by atoms with Gasteiger partial charge in [-0.25, -0.2) is 0 Å². The Morgan fingerprint density at radius 2 is 2.20 bits per heavy atom. The molecule has 0 bridgehead atoms. The van der Waals surface area contributed by atoms with Crippen molar-refractivity contribution in [1.29, 1.82) is 0 Å². The molecule has 0 aliphatic rings. The average Bonchev–Trinajstić information content (AvgIpc) is 1.98. The molecule has 0 radical (unpaired) electrons. The second kappa shape index (κ2) is 6.73. The van der Waals surface area contributed by atoms with Crippen LogP contribution in [0.4, 0.5) is 0 Å². The molecule has 10 heavy (non-hydrogen) atoms. The number of hydrogen-bond acceptors (Lipinski definition) is 0. The zero-order valence-corrected chi connectivity index (χ0v) is 7.43. The van der Waals surface area contributed by atoms with Crippen molar-refractivity contribution in [3.8, 4) is 0 Å². The second-order valence-corrected chi connectivity index (χ2v) is 2.80. The Bertz CT molecular complexity index is 82.0. The molecule has 0 aliphatic heterocycles. The molecule has 0 heterocycles. The third-order valence-corrected chi connectivity index (χ3v) is 1.73. The summed E-state index contributed by atoms with van der Waals surface area (Å²) in [6.07, 6.45) is 10.5. The van der Waals surface area contributed by atoms with Crippen molar-refractivity contribution in [2.45, 2.75) is 40.0 Å². The van der Waals surface area contributed by atoms with E-state index in [0.29, 0.717) is 0 Å². The van der Waals surface area contributed by atoms with Crippen LogP contribution in [0.2, 0.25) is 0 Å². The van der Waals surface area contributed by atoms with E-state index in [2.05, 4.69) is 39.3 Å². The van der Waals surface area contributed by atoms with E-state index in [4.69, 9.17) is 0 Å². The van der Waals surface area contributed by atoms with E-state index < -0.39 is 0 Å². The van der Waals surface area contributed by atoms with Gasteiger partial charge in [-0.3, -0.25) is 0 Å². The first-order valence-electron chi connectivity index (χ1n) is 4.25. The van der Waals surface area contributed by atoms with Crippen molar-refractivity contribution in [3.05, 3.63) is 18.6 Å². The zero-order chi connectivity index (χ0) is 7.82. The van der Waals surface area contributed by atoms with Gasteiger partial charge < -0.3 is 0 Å². The molecular formula is C10H19+. The summed E-state index contributed by atoms with van der Waals surface area (Å²) in [6, 6.07) is 0. The molecule has 0 amide bonds. The van der Waals surface area contributed by atoms with Gasteiger partial charge in [-0.2, -0.15) is 0 Å². The lowest BCUT2D eigenvalue weighted by Gasteiger charge is -1.97. The van der Waals surface area contributed by atoms with Gasteiger partial charge in [-0.05, 0) is 5.92 Å². The Balaban J connectivity index is 3.18. The minimum atomic E-state index is 0.761. The van der Waals surface area contributed by atoms with Crippen molar-refractivity contribution in [2.24, 2.45) is 5.92 Å². The quantitative estimate of drug-likeness (QED) is 0.310. The number of hydrogen-bond donors (Lipinski definition) is 0. The van der Waals surface area contributed by atoms with Gasteiger partial charge in [0.2, 0.25) is 0 Å². The van der Waals surface area contributed by atoms with Crippen LogP contribution >= 0.6 is 0 Å². The van der Waals surface area contributed by atoms with Gasteiger partial charge in [0, 0.05) is 6.42 Å². The lowest BCUT2D eigenvalue weighted by atomic mass is 10.1. The summed E-state index contributed by atoms with van der Waals surface area (Å²) in [4.78, 5) is 0. The maximum absolute atomic E-state index is 2.31. The van der Waals surface area contributed by atoms with Crippen LogP contribution in [-0.4, -0.2) is 0 Å². The fraction of sp³-hybridized carbons (Fsp3) is 0.700. The van der Waals surface area contributed by atoms with E-state index in [9.17, 15) is 0 Å². The highest BCUT2D eigenvalue weighted by Crippen LogP contribution is 2.03. The molecule has 1 unspecified atom stereocenters. The Kier molecular flexibility index (Phi) is 6.46.